The van der Waals surface area contributed by atoms with Crippen molar-refractivity contribution < 1.29 is 0 Å². The molecule has 21 heavy (non-hydrogen) atoms. The van der Waals surface area contributed by atoms with E-state index in [4.69, 9.17) is 12.2 Å². The highest BCUT2D eigenvalue weighted by Crippen LogP contribution is 2.23. The molecule has 1 aliphatic rings. The molecule has 0 amide bonds. The topological polar surface area (TPSA) is 18.5 Å². The fourth-order valence-corrected chi connectivity index (χ4v) is 2.83. The molecule has 2 aromatic rings. The third-order valence-corrected chi connectivity index (χ3v) is 3.94. The number of aryl methyl sites for hydroxylation is 1. The molecule has 0 saturated carbocycles. The van der Waals surface area contributed by atoms with E-state index in [2.05, 4.69) is 46.5 Å². The Hall–Kier alpha value is -2.07. The van der Waals surface area contributed by atoms with Crippen LogP contribution >= 0.6 is 12.2 Å². The summed E-state index contributed by atoms with van der Waals surface area (Å²) >= 11 is 5.57. The monoisotopic (exact) mass is 297 g/mol. The number of anilines is 2. The highest BCUT2D eigenvalue weighted by molar-refractivity contribution is 7.80. The summed E-state index contributed by atoms with van der Waals surface area (Å²) in [5, 5.41) is 8.45. The third-order valence-electron chi connectivity index (χ3n) is 3.62. The van der Waals surface area contributed by atoms with Crippen LogP contribution in [-0.2, 0) is 0 Å². The Morgan fingerprint density at radius 2 is 1.71 bits per heavy atom. The van der Waals surface area contributed by atoms with Gasteiger partial charge in [-0.15, -0.1) is 0 Å². The van der Waals surface area contributed by atoms with Crippen LogP contribution in [0.15, 0.2) is 54.6 Å². The van der Waals surface area contributed by atoms with Gasteiger partial charge in [0.25, 0.3) is 0 Å². The molecule has 3 nitrogen and oxygen atoms in total. The van der Waals surface area contributed by atoms with Crippen molar-refractivity contribution in [2.45, 2.75) is 13.3 Å². The lowest BCUT2D eigenvalue weighted by molar-refractivity contribution is 0.486. The molecule has 1 saturated heterocycles. The third kappa shape index (κ3) is 3.16. The smallest absolute Gasteiger partial charge is 0.192 e. The zero-order valence-corrected chi connectivity index (χ0v) is 12.9. The Balaban J connectivity index is 1.74. The predicted octanol–water partition coefficient (Wildman–Crippen LogP) is 3.82. The molecule has 0 unspecified atom stereocenters. The molecular formula is C17H19N3S. The van der Waals surface area contributed by atoms with Crippen LogP contribution in [0.4, 0.5) is 11.4 Å². The molecule has 0 bridgehead atoms. The average molecular weight is 297 g/mol. The van der Waals surface area contributed by atoms with E-state index in [1.165, 1.54) is 11.3 Å². The van der Waals surface area contributed by atoms with Gasteiger partial charge in [0, 0.05) is 18.8 Å². The van der Waals surface area contributed by atoms with Crippen LogP contribution in [0.3, 0.4) is 0 Å². The average Bonchev–Trinajstić information content (AvgIpc) is 2.98. The minimum atomic E-state index is 0.749. The Kier molecular flexibility index (Phi) is 4.06. The van der Waals surface area contributed by atoms with E-state index in [1.807, 2.05) is 30.3 Å². The number of rotatable bonds is 2. The number of nitrogens with one attached hydrogen (secondary N) is 1. The normalized spacial score (nSPS) is 14.3. The van der Waals surface area contributed by atoms with Gasteiger partial charge in [0.2, 0.25) is 0 Å². The van der Waals surface area contributed by atoms with Gasteiger partial charge in [-0.2, -0.15) is 0 Å². The Morgan fingerprint density at radius 3 is 2.43 bits per heavy atom. The molecule has 1 heterocycles. The van der Waals surface area contributed by atoms with Crippen molar-refractivity contribution in [1.82, 2.24) is 5.01 Å². The van der Waals surface area contributed by atoms with Gasteiger partial charge in [0.1, 0.15) is 0 Å². The van der Waals surface area contributed by atoms with Crippen LogP contribution < -0.4 is 10.3 Å². The van der Waals surface area contributed by atoms with Crippen LogP contribution in [-0.4, -0.2) is 23.2 Å². The summed E-state index contributed by atoms with van der Waals surface area (Å²) in [6.07, 6.45) is 1.12. The van der Waals surface area contributed by atoms with E-state index in [1.54, 1.807) is 0 Å². The van der Waals surface area contributed by atoms with Crippen molar-refractivity contribution in [2.24, 2.45) is 0 Å². The van der Waals surface area contributed by atoms with E-state index in [9.17, 15) is 0 Å². The SMILES string of the molecule is Cc1ccc(N2CCCN2C(=S)Nc2ccccc2)cc1. The number of benzene rings is 2. The minimum Gasteiger partial charge on any atom is -0.331 e. The van der Waals surface area contributed by atoms with Crippen LogP contribution in [0.2, 0.25) is 0 Å². The lowest BCUT2D eigenvalue weighted by Crippen LogP contribution is -2.43. The Bertz CT molecular complexity index is 610. The molecule has 1 N–H and O–H groups in total. The molecule has 1 fully saturated rings. The Morgan fingerprint density at radius 1 is 1.00 bits per heavy atom. The number of hydrazine groups is 1. The van der Waals surface area contributed by atoms with Gasteiger partial charge >= 0.3 is 0 Å². The fourth-order valence-electron chi connectivity index (χ4n) is 2.52. The molecule has 0 aromatic heterocycles. The summed E-state index contributed by atoms with van der Waals surface area (Å²) in [5.41, 5.74) is 3.49. The molecule has 4 heteroatoms. The summed E-state index contributed by atoms with van der Waals surface area (Å²) in [6, 6.07) is 18.6. The quantitative estimate of drug-likeness (QED) is 0.849. The first-order valence-electron chi connectivity index (χ1n) is 7.22. The maximum absolute atomic E-state index is 5.57. The van der Waals surface area contributed by atoms with E-state index in [-0.39, 0.29) is 0 Å². The van der Waals surface area contributed by atoms with Crippen LogP contribution in [0.5, 0.6) is 0 Å². The molecule has 0 aliphatic carbocycles. The molecule has 0 radical (unpaired) electrons. The number of hydrogen-bond donors (Lipinski definition) is 1. The first-order valence-corrected chi connectivity index (χ1v) is 7.62. The summed E-state index contributed by atoms with van der Waals surface area (Å²) < 4.78 is 0. The highest BCUT2D eigenvalue weighted by atomic mass is 32.1. The molecule has 3 rings (SSSR count). The summed E-state index contributed by atoms with van der Waals surface area (Å²) in [4.78, 5) is 0. The van der Waals surface area contributed by atoms with Crippen molar-refractivity contribution >= 4 is 28.7 Å². The van der Waals surface area contributed by atoms with Gasteiger partial charge in [-0.25, -0.2) is 0 Å². The van der Waals surface area contributed by atoms with Crippen molar-refractivity contribution in [2.75, 3.05) is 23.4 Å². The number of thiocarbonyl (C=S) groups is 1. The standard InChI is InChI=1S/C17H19N3S/c1-14-8-10-16(11-9-14)19-12-5-13-20(19)17(21)18-15-6-3-2-4-7-15/h2-4,6-11H,5,12-13H2,1H3,(H,18,21). The Labute approximate surface area is 131 Å². The van der Waals surface area contributed by atoms with Gasteiger partial charge < -0.3 is 5.32 Å². The van der Waals surface area contributed by atoms with Gasteiger partial charge in [0.05, 0.1) is 5.69 Å². The molecule has 108 valence electrons. The molecule has 1 aliphatic heterocycles. The number of hydrogen-bond acceptors (Lipinski definition) is 2. The zero-order chi connectivity index (χ0) is 14.7. The summed E-state index contributed by atoms with van der Waals surface area (Å²) in [6.45, 7) is 4.05. The zero-order valence-electron chi connectivity index (χ0n) is 12.1. The number of nitrogens with zero attached hydrogens (tertiary/aromatic N) is 2. The predicted molar refractivity (Wildman–Crippen MR) is 92.5 cm³/mol. The first-order chi connectivity index (χ1) is 10.2. The van der Waals surface area contributed by atoms with E-state index < -0.39 is 0 Å². The second-order valence-corrected chi connectivity index (χ2v) is 5.62. The highest BCUT2D eigenvalue weighted by Gasteiger charge is 2.24. The van der Waals surface area contributed by atoms with Crippen LogP contribution in [0, 0.1) is 6.92 Å². The molecule has 0 spiro atoms. The summed E-state index contributed by atoms with van der Waals surface area (Å²) in [7, 11) is 0. The molecular weight excluding hydrogens is 278 g/mol. The lowest BCUT2D eigenvalue weighted by atomic mass is 10.2. The fraction of sp³-hybridized carbons (Fsp3) is 0.235. The van der Waals surface area contributed by atoms with Gasteiger partial charge in [-0.3, -0.25) is 10.0 Å². The number of para-hydroxylation sites is 1. The van der Waals surface area contributed by atoms with Crippen molar-refractivity contribution in [3.8, 4) is 0 Å². The van der Waals surface area contributed by atoms with Crippen molar-refractivity contribution in [3.63, 3.8) is 0 Å². The molecule has 0 atom stereocenters. The van der Waals surface area contributed by atoms with Gasteiger partial charge in [0.15, 0.2) is 5.11 Å². The minimum absolute atomic E-state index is 0.749. The second-order valence-electron chi connectivity index (χ2n) is 5.23. The van der Waals surface area contributed by atoms with E-state index in [0.29, 0.717) is 0 Å². The van der Waals surface area contributed by atoms with Gasteiger partial charge in [-0.1, -0.05) is 35.9 Å². The largest absolute Gasteiger partial charge is 0.331 e. The second kappa shape index (κ2) is 6.14. The maximum Gasteiger partial charge on any atom is 0.192 e. The van der Waals surface area contributed by atoms with E-state index in [0.717, 1.165) is 30.3 Å². The van der Waals surface area contributed by atoms with Crippen LogP contribution in [0.25, 0.3) is 0 Å². The lowest BCUT2D eigenvalue weighted by Gasteiger charge is -2.32. The first kappa shape index (κ1) is 13.9. The summed E-state index contributed by atoms with van der Waals surface area (Å²) in [5.74, 6) is 0. The van der Waals surface area contributed by atoms with E-state index >= 15 is 0 Å². The van der Waals surface area contributed by atoms with Crippen molar-refractivity contribution in [3.05, 3.63) is 60.2 Å². The van der Waals surface area contributed by atoms with Crippen LogP contribution in [0.1, 0.15) is 12.0 Å². The van der Waals surface area contributed by atoms with Crippen molar-refractivity contribution in [1.29, 1.82) is 0 Å². The molecule has 2 aromatic carbocycles. The van der Waals surface area contributed by atoms with Gasteiger partial charge in [-0.05, 0) is 49.8 Å². The maximum atomic E-state index is 5.57.